The lowest BCUT2D eigenvalue weighted by molar-refractivity contribution is -0.000250. The molecule has 23 heavy (non-hydrogen) atoms. The molecule has 2 aromatic carbocycles. The van der Waals surface area contributed by atoms with Crippen molar-refractivity contribution in [2.45, 2.75) is 19.3 Å². The van der Waals surface area contributed by atoms with Crippen LogP contribution in [0.1, 0.15) is 17.2 Å². The maximum absolute atomic E-state index is 13.1. The molecule has 0 unspecified atom stereocenters. The molecule has 0 saturated carbocycles. The normalized spacial score (nSPS) is 12.3. The van der Waals surface area contributed by atoms with E-state index in [4.69, 9.17) is 16.3 Å². The molecule has 0 N–H and O–H groups in total. The van der Waals surface area contributed by atoms with Gasteiger partial charge in [0.15, 0.2) is 0 Å². The summed E-state index contributed by atoms with van der Waals surface area (Å²) in [5, 5.41) is 4.66. The summed E-state index contributed by atoms with van der Waals surface area (Å²) in [6, 6.07) is 13.9. The molecule has 3 rings (SSSR count). The van der Waals surface area contributed by atoms with E-state index in [1.54, 1.807) is 23.1 Å². The average Bonchev–Trinajstić information content (AvgIpc) is 3.07. The van der Waals surface area contributed by atoms with Gasteiger partial charge in [0.25, 0.3) is 0 Å². The number of rotatable bonds is 6. The van der Waals surface area contributed by atoms with Gasteiger partial charge in [0.05, 0.1) is 6.10 Å². The Labute approximate surface area is 138 Å². The van der Waals surface area contributed by atoms with E-state index in [9.17, 15) is 4.39 Å². The molecule has 0 aliphatic rings. The number of hydrogen-bond donors (Lipinski definition) is 0. The highest BCUT2D eigenvalue weighted by Gasteiger charge is 2.16. The fraction of sp³-hybridized carbons (Fsp3) is 0.176. The van der Waals surface area contributed by atoms with Gasteiger partial charge in [-0.1, -0.05) is 41.9 Å². The van der Waals surface area contributed by atoms with E-state index in [1.807, 2.05) is 24.3 Å². The van der Waals surface area contributed by atoms with Crippen LogP contribution in [0.2, 0.25) is 5.02 Å². The van der Waals surface area contributed by atoms with Crippen molar-refractivity contribution in [3.63, 3.8) is 0 Å². The fourth-order valence-electron chi connectivity index (χ4n) is 2.30. The molecular weight excluding hydrogens is 317 g/mol. The van der Waals surface area contributed by atoms with Crippen LogP contribution >= 0.6 is 11.6 Å². The van der Waals surface area contributed by atoms with Crippen molar-refractivity contribution in [1.82, 2.24) is 14.8 Å². The highest BCUT2D eigenvalue weighted by atomic mass is 35.5. The van der Waals surface area contributed by atoms with Gasteiger partial charge in [-0.25, -0.2) is 14.1 Å². The summed E-state index contributed by atoms with van der Waals surface area (Å²) < 4.78 is 20.6. The molecule has 0 spiro atoms. The van der Waals surface area contributed by atoms with Crippen molar-refractivity contribution in [2.24, 2.45) is 0 Å². The molecule has 3 aromatic rings. The van der Waals surface area contributed by atoms with E-state index < -0.39 is 0 Å². The van der Waals surface area contributed by atoms with Crippen LogP contribution in [-0.2, 0) is 17.9 Å². The van der Waals surface area contributed by atoms with Crippen molar-refractivity contribution in [3.05, 3.63) is 83.2 Å². The van der Waals surface area contributed by atoms with Crippen LogP contribution in [0.15, 0.2) is 61.2 Å². The summed E-state index contributed by atoms with van der Waals surface area (Å²) in [6.45, 7) is 0.261. The second-order valence-electron chi connectivity index (χ2n) is 5.07. The third-order valence-electron chi connectivity index (χ3n) is 3.46. The van der Waals surface area contributed by atoms with Crippen molar-refractivity contribution in [1.29, 1.82) is 0 Å². The lowest BCUT2D eigenvalue weighted by atomic mass is 10.0. The van der Waals surface area contributed by atoms with Crippen molar-refractivity contribution < 1.29 is 9.13 Å². The van der Waals surface area contributed by atoms with Crippen molar-refractivity contribution in [2.75, 3.05) is 0 Å². The van der Waals surface area contributed by atoms with Gasteiger partial charge in [-0.15, -0.1) is 0 Å². The fourth-order valence-corrected chi connectivity index (χ4v) is 2.55. The highest BCUT2D eigenvalue weighted by Crippen LogP contribution is 2.29. The molecule has 0 amide bonds. The van der Waals surface area contributed by atoms with Crippen LogP contribution in [0.25, 0.3) is 0 Å². The zero-order valence-corrected chi connectivity index (χ0v) is 13.0. The van der Waals surface area contributed by atoms with Crippen LogP contribution in [0.5, 0.6) is 0 Å². The largest absolute Gasteiger partial charge is 0.351 e. The number of aromatic nitrogens is 3. The van der Waals surface area contributed by atoms with E-state index in [1.165, 1.54) is 18.5 Å². The van der Waals surface area contributed by atoms with Gasteiger partial charge in [0, 0.05) is 11.4 Å². The molecule has 4 nitrogen and oxygen atoms in total. The number of ether oxygens (including phenoxy) is 1. The Morgan fingerprint density at radius 3 is 2.61 bits per heavy atom. The summed E-state index contributed by atoms with van der Waals surface area (Å²) in [6.07, 6.45) is 3.35. The molecule has 6 heteroatoms. The van der Waals surface area contributed by atoms with Crippen LogP contribution < -0.4 is 0 Å². The lowest BCUT2D eigenvalue weighted by Crippen LogP contribution is -2.12. The summed E-state index contributed by atoms with van der Waals surface area (Å²) in [5.41, 5.74) is 1.86. The molecule has 0 fully saturated rings. The molecule has 0 aliphatic heterocycles. The minimum Gasteiger partial charge on any atom is -0.351 e. The first-order valence-electron chi connectivity index (χ1n) is 7.15. The van der Waals surface area contributed by atoms with Crippen LogP contribution in [0, 0.1) is 5.82 Å². The molecule has 0 saturated heterocycles. The molecule has 0 bridgehead atoms. The summed E-state index contributed by atoms with van der Waals surface area (Å²) >= 11 is 6.30. The molecule has 1 heterocycles. The monoisotopic (exact) mass is 331 g/mol. The predicted octanol–water partition coefficient (Wildman–Crippen LogP) is 4.03. The average molecular weight is 332 g/mol. The SMILES string of the molecule is Fc1ccc(C[C@@H](OCn2cncn2)c2ccccc2Cl)cc1. The Balaban J connectivity index is 1.80. The van der Waals surface area contributed by atoms with Gasteiger partial charge >= 0.3 is 0 Å². The van der Waals surface area contributed by atoms with Crippen LogP contribution in [0.3, 0.4) is 0 Å². The molecule has 1 atom stereocenters. The van der Waals surface area contributed by atoms with Gasteiger partial charge in [-0.05, 0) is 29.3 Å². The predicted molar refractivity (Wildman–Crippen MR) is 85.4 cm³/mol. The molecule has 118 valence electrons. The van der Waals surface area contributed by atoms with Gasteiger partial charge in [-0.3, -0.25) is 0 Å². The number of nitrogens with zero attached hydrogens (tertiary/aromatic N) is 3. The Bertz CT molecular complexity index is 747. The topological polar surface area (TPSA) is 39.9 Å². The van der Waals surface area contributed by atoms with E-state index in [0.717, 1.165) is 11.1 Å². The second kappa shape index (κ2) is 7.35. The Kier molecular flexibility index (Phi) is 5.00. The Hall–Kier alpha value is -2.24. The first-order chi connectivity index (χ1) is 11.2. The van der Waals surface area contributed by atoms with E-state index in [-0.39, 0.29) is 18.7 Å². The van der Waals surface area contributed by atoms with Gasteiger partial charge in [0.1, 0.15) is 25.2 Å². The Morgan fingerprint density at radius 2 is 1.91 bits per heavy atom. The second-order valence-corrected chi connectivity index (χ2v) is 5.48. The van der Waals surface area contributed by atoms with Crippen molar-refractivity contribution >= 4 is 11.6 Å². The standard InChI is InChI=1S/C17H15ClFN3O/c18-16-4-2-1-3-15(16)17(23-12-22-11-20-10-21-22)9-13-5-7-14(19)8-6-13/h1-8,10-11,17H,9,12H2/t17-/m1/s1. The lowest BCUT2D eigenvalue weighted by Gasteiger charge is -2.19. The zero-order chi connectivity index (χ0) is 16.1. The van der Waals surface area contributed by atoms with E-state index in [2.05, 4.69) is 10.1 Å². The quantitative estimate of drug-likeness (QED) is 0.684. The molecule has 1 aromatic heterocycles. The zero-order valence-electron chi connectivity index (χ0n) is 12.3. The van der Waals surface area contributed by atoms with Crippen LogP contribution in [0.4, 0.5) is 4.39 Å². The summed E-state index contributed by atoms with van der Waals surface area (Å²) in [4.78, 5) is 3.89. The van der Waals surface area contributed by atoms with Crippen LogP contribution in [-0.4, -0.2) is 14.8 Å². The van der Waals surface area contributed by atoms with Crippen molar-refractivity contribution in [3.8, 4) is 0 Å². The number of hydrogen-bond acceptors (Lipinski definition) is 3. The number of benzene rings is 2. The molecular formula is C17H15ClFN3O. The summed E-state index contributed by atoms with van der Waals surface area (Å²) in [5.74, 6) is -0.258. The third-order valence-corrected chi connectivity index (χ3v) is 3.81. The van der Waals surface area contributed by atoms with E-state index >= 15 is 0 Å². The Morgan fingerprint density at radius 1 is 1.13 bits per heavy atom. The van der Waals surface area contributed by atoms with Gasteiger partial charge in [0.2, 0.25) is 0 Å². The highest BCUT2D eigenvalue weighted by molar-refractivity contribution is 6.31. The minimum absolute atomic E-state index is 0.258. The smallest absolute Gasteiger partial charge is 0.141 e. The number of halogens is 2. The molecule has 0 aliphatic carbocycles. The van der Waals surface area contributed by atoms with E-state index in [0.29, 0.717) is 11.4 Å². The molecule has 0 radical (unpaired) electrons. The van der Waals surface area contributed by atoms with Gasteiger partial charge < -0.3 is 4.74 Å². The maximum Gasteiger partial charge on any atom is 0.141 e. The van der Waals surface area contributed by atoms with Gasteiger partial charge in [-0.2, -0.15) is 5.10 Å². The minimum atomic E-state index is -0.265. The summed E-state index contributed by atoms with van der Waals surface area (Å²) in [7, 11) is 0. The maximum atomic E-state index is 13.1. The third kappa shape index (κ3) is 4.15. The first-order valence-corrected chi connectivity index (χ1v) is 7.53. The first kappa shape index (κ1) is 15.6.